The number of carboxylic acid groups (broad SMARTS) is 1. The van der Waals surface area contributed by atoms with E-state index >= 15 is 0 Å². The zero-order valence-electron chi connectivity index (χ0n) is 21.0. The molecule has 7 atom stereocenters. The van der Waals surface area contributed by atoms with Crippen molar-refractivity contribution in [2.24, 2.45) is 16.8 Å². The molecule has 3 saturated heterocycles. The van der Waals surface area contributed by atoms with E-state index in [2.05, 4.69) is 16.6 Å². The van der Waals surface area contributed by atoms with Crippen LogP contribution in [0.15, 0.2) is 40.6 Å². The van der Waals surface area contributed by atoms with E-state index in [0.29, 0.717) is 17.9 Å². The molecule has 0 aromatic carbocycles. The van der Waals surface area contributed by atoms with Crippen LogP contribution in [0.5, 0.6) is 0 Å². The van der Waals surface area contributed by atoms with Crippen LogP contribution >= 0.6 is 11.8 Å². The third-order valence-electron chi connectivity index (χ3n) is 7.98. The number of nitrogens with one attached hydrogen (secondary N) is 1. The van der Waals surface area contributed by atoms with Gasteiger partial charge in [-0.3, -0.25) is 4.79 Å². The molecular formula is C25H33N5O6S. The number of aliphatic carboxylic acids is 1. The molecule has 11 nitrogen and oxygen atoms in total. The van der Waals surface area contributed by atoms with Crippen molar-refractivity contribution in [3.63, 3.8) is 0 Å². The quantitative estimate of drug-likeness (QED) is 0.289. The lowest BCUT2D eigenvalue weighted by Crippen LogP contribution is -3.13. The van der Waals surface area contributed by atoms with Crippen LogP contribution in [-0.4, -0.2) is 93.4 Å². The number of aliphatic hydroxyl groups excluding tert-OH is 1. The van der Waals surface area contributed by atoms with Crippen LogP contribution in [0.2, 0.25) is 0 Å². The van der Waals surface area contributed by atoms with E-state index in [1.54, 1.807) is 11.8 Å². The first kappa shape index (κ1) is 26.0. The Bertz CT molecular complexity index is 1090. The number of carbonyl (C=O) groups is 3. The van der Waals surface area contributed by atoms with Crippen molar-refractivity contribution in [2.45, 2.75) is 56.5 Å². The van der Waals surface area contributed by atoms with Gasteiger partial charge in [0.05, 0.1) is 55.4 Å². The highest BCUT2D eigenvalue weighted by atomic mass is 32.2. The number of ether oxygens (including phenoxy) is 1. The van der Waals surface area contributed by atoms with Crippen molar-refractivity contribution in [3.8, 4) is 0 Å². The molecule has 0 spiro atoms. The van der Waals surface area contributed by atoms with Crippen LogP contribution in [-0.2, 0) is 14.3 Å². The first-order valence-corrected chi connectivity index (χ1v) is 13.6. The monoisotopic (exact) mass is 531 g/mol. The van der Waals surface area contributed by atoms with E-state index in [1.165, 1.54) is 22.7 Å². The third kappa shape index (κ3) is 4.49. The standard InChI is InChI=1S/C25H33N5O6S/c1-4-11-36-25(35)28-13-17(12-16(28)5-8-27-9-6-18-26-7-10-29(18)27)37-22-14(2)20-19(15(3)31)23(32)30(20)21(22)24(33)34/h4,7,10,14-17,19-20,31H,1,5-6,8-9,11-13H2,2-3H3,(H,33,34)/t14-,15-,16+,17+,19-,20-/m1/s1. The second kappa shape index (κ2) is 10.2. The molecule has 37 heavy (non-hydrogen) atoms. The second-order valence-electron chi connectivity index (χ2n) is 10.2. The van der Waals surface area contributed by atoms with Crippen molar-refractivity contribution in [1.29, 1.82) is 0 Å². The number of thioether (sulfide) groups is 1. The average Bonchev–Trinajstić information content (AvgIpc) is 3.60. The van der Waals surface area contributed by atoms with Gasteiger partial charge in [-0.1, -0.05) is 19.6 Å². The number of aliphatic hydroxyl groups is 1. The lowest BCUT2D eigenvalue weighted by molar-refractivity contribution is -0.875. The summed E-state index contributed by atoms with van der Waals surface area (Å²) in [6.45, 7) is 9.26. The maximum Gasteiger partial charge on any atom is 0.410 e. The second-order valence-corrected chi connectivity index (χ2v) is 11.5. The number of fused-ring (bicyclic) bond motifs is 2. The van der Waals surface area contributed by atoms with Gasteiger partial charge in [-0.25, -0.2) is 9.79 Å². The maximum atomic E-state index is 12.9. The van der Waals surface area contributed by atoms with Gasteiger partial charge in [-0.05, 0) is 19.8 Å². The fourth-order valence-corrected chi connectivity index (χ4v) is 7.82. The summed E-state index contributed by atoms with van der Waals surface area (Å²) >= 11 is 1.41. The van der Waals surface area contributed by atoms with Crippen LogP contribution in [0.4, 0.5) is 4.79 Å². The zero-order chi connectivity index (χ0) is 26.4. The molecule has 0 aromatic heterocycles. The van der Waals surface area contributed by atoms with Crippen molar-refractivity contribution in [1.82, 2.24) is 14.8 Å². The number of nitrogens with zero attached hydrogens (tertiary/aromatic N) is 4. The van der Waals surface area contributed by atoms with Crippen LogP contribution in [0.25, 0.3) is 0 Å². The Hall–Kier alpha value is -2.67. The van der Waals surface area contributed by atoms with Gasteiger partial charge in [0.2, 0.25) is 11.7 Å². The lowest BCUT2D eigenvalue weighted by atomic mass is 9.79. The predicted molar refractivity (Wildman–Crippen MR) is 133 cm³/mol. The molecule has 12 heteroatoms. The summed E-state index contributed by atoms with van der Waals surface area (Å²) in [7, 11) is 0. The minimum atomic E-state index is -1.39. The highest BCUT2D eigenvalue weighted by Gasteiger charge is 2.59. The number of hydrogen-bond donors (Lipinski definition) is 2. The molecule has 5 rings (SSSR count). The molecule has 200 valence electrons. The minimum Gasteiger partial charge on any atom is -0.543 e. The molecule has 0 bridgehead atoms. The molecule has 3 fully saturated rings. The minimum absolute atomic E-state index is 0.0679. The lowest BCUT2D eigenvalue weighted by Gasteiger charge is -2.47. The Kier molecular flexibility index (Phi) is 7.18. The van der Waals surface area contributed by atoms with Crippen molar-refractivity contribution in [3.05, 3.63) is 35.7 Å². The molecule has 0 saturated carbocycles. The van der Waals surface area contributed by atoms with E-state index in [9.17, 15) is 24.6 Å². The number of carbonyl (C=O) groups excluding carboxylic acids is 3. The SMILES string of the molecule is C=CCOC(=O)N1C[C@@H](SC2=C(C(=O)[O-])N3C(=O)[C@H]([C@@H](C)O)[C@H]3[C@H]2C)C[C@@H]1CCN1CCC2=NC=C[NH+]21. The van der Waals surface area contributed by atoms with Crippen molar-refractivity contribution >= 4 is 35.6 Å². The molecule has 2 amide bonds. The van der Waals surface area contributed by atoms with Crippen LogP contribution < -0.4 is 10.1 Å². The van der Waals surface area contributed by atoms with E-state index < -0.39 is 30.1 Å². The topological polar surface area (TPSA) is 130 Å². The molecule has 1 unspecified atom stereocenters. The number of quaternary nitrogens is 1. The summed E-state index contributed by atoms with van der Waals surface area (Å²) in [5.74, 6) is -1.54. The molecule has 0 radical (unpaired) electrons. The molecular weight excluding hydrogens is 498 g/mol. The van der Waals surface area contributed by atoms with Gasteiger partial charge in [-0.2, -0.15) is 5.01 Å². The van der Waals surface area contributed by atoms with Gasteiger partial charge < -0.3 is 29.5 Å². The number of hydrogen-bond acceptors (Lipinski definition) is 9. The Morgan fingerprint density at radius 1 is 1.46 bits per heavy atom. The Balaban J connectivity index is 1.31. The van der Waals surface area contributed by atoms with Gasteiger partial charge in [0.1, 0.15) is 12.8 Å². The highest BCUT2D eigenvalue weighted by Crippen LogP contribution is 2.52. The summed E-state index contributed by atoms with van der Waals surface area (Å²) in [5.41, 5.74) is -0.0954. The number of carboxylic acids is 1. The number of amides is 2. The van der Waals surface area contributed by atoms with Gasteiger partial charge >= 0.3 is 6.09 Å². The Morgan fingerprint density at radius 3 is 2.95 bits per heavy atom. The van der Waals surface area contributed by atoms with Crippen molar-refractivity contribution < 1.29 is 34.3 Å². The molecule has 2 N–H and O–H groups in total. The largest absolute Gasteiger partial charge is 0.543 e. The number of aliphatic imine (C=N–C) groups is 1. The van der Waals surface area contributed by atoms with E-state index in [1.807, 2.05) is 19.3 Å². The predicted octanol–water partition coefficient (Wildman–Crippen LogP) is -0.917. The number of amidine groups is 1. The molecule has 0 aromatic rings. The van der Waals surface area contributed by atoms with Crippen LogP contribution in [0.3, 0.4) is 0 Å². The summed E-state index contributed by atoms with van der Waals surface area (Å²) < 4.78 is 5.36. The van der Waals surface area contributed by atoms with E-state index in [-0.39, 0.29) is 35.4 Å². The average molecular weight is 532 g/mol. The first-order valence-electron chi connectivity index (χ1n) is 12.8. The van der Waals surface area contributed by atoms with E-state index in [0.717, 1.165) is 36.8 Å². The van der Waals surface area contributed by atoms with Crippen LogP contribution in [0.1, 0.15) is 33.1 Å². The van der Waals surface area contributed by atoms with Crippen LogP contribution in [0, 0.1) is 11.8 Å². The zero-order valence-corrected chi connectivity index (χ0v) is 21.9. The fraction of sp³-hybridized carbons (Fsp3) is 0.600. The molecule has 5 aliphatic heterocycles. The van der Waals surface area contributed by atoms with Gasteiger partial charge in [0, 0.05) is 28.7 Å². The summed E-state index contributed by atoms with van der Waals surface area (Å²) in [4.78, 5) is 45.6. The normalized spacial score (nSPS) is 33.4. The van der Waals surface area contributed by atoms with E-state index in [4.69, 9.17) is 4.74 Å². The smallest absolute Gasteiger partial charge is 0.410 e. The Labute approximate surface area is 220 Å². The van der Waals surface area contributed by atoms with Crippen molar-refractivity contribution in [2.75, 3.05) is 26.2 Å². The summed E-state index contributed by atoms with van der Waals surface area (Å²) in [6, 6.07) is -0.467. The summed E-state index contributed by atoms with van der Waals surface area (Å²) in [6.07, 6.45) is 6.42. The van der Waals surface area contributed by atoms with Gasteiger partial charge in [-0.15, -0.1) is 16.8 Å². The number of likely N-dealkylation sites (tertiary alicyclic amines) is 1. The first-order chi connectivity index (χ1) is 17.7. The van der Waals surface area contributed by atoms with Gasteiger partial charge in [0.25, 0.3) is 0 Å². The molecule has 0 aliphatic carbocycles. The highest BCUT2D eigenvalue weighted by molar-refractivity contribution is 8.03. The molecule has 5 aliphatic rings. The maximum absolute atomic E-state index is 12.9. The summed E-state index contributed by atoms with van der Waals surface area (Å²) in [5, 5.41) is 25.5. The van der Waals surface area contributed by atoms with Gasteiger partial charge in [0.15, 0.2) is 0 Å². The fourth-order valence-electron chi connectivity index (χ4n) is 6.26. The number of rotatable bonds is 9. The molecule has 5 heterocycles. The number of β-lactam (4-membered cyclic amide) rings is 1. The Morgan fingerprint density at radius 2 is 2.24 bits per heavy atom. The third-order valence-corrected chi connectivity index (χ3v) is 9.47.